The average Bonchev–Trinajstić information content (AvgIpc) is 2.97. The van der Waals surface area contributed by atoms with Gasteiger partial charge in [0, 0.05) is 31.2 Å². The Labute approximate surface area is 199 Å². The molecule has 0 spiro atoms. The zero-order valence-corrected chi connectivity index (χ0v) is 19.0. The van der Waals surface area contributed by atoms with Crippen LogP contribution in [0.1, 0.15) is 37.9 Å². The van der Waals surface area contributed by atoms with Crippen LogP contribution in [0.5, 0.6) is 0 Å². The van der Waals surface area contributed by atoms with E-state index in [1.165, 1.54) is 4.90 Å². The molecule has 3 aromatic carbocycles. The molecule has 2 amide bonds. The van der Waals surface area contributed by atoms with E-state index in [4.69, 9.17) is 51.1 Å². The van der Waals surface area contributed by atoms with Gasteiger partial charge < -0.3 is 4.74 Å². The van der Waals surface area contributed by atoms with Crippen LogP contribution < -0.4 is 0 Å². The van der Waals surface area contributed by atoms with Gasteiger partial charge in [0.1, 0.15) is 6.10 Å². The first-order valence-corrected chi connectivity index (χ1v) is 10.8. The Morgan fingerprint density at radius 1 is 0.742 bits per heavy atom. The van der Waals surface area contributed by atoms with Crippen LogP contribution >= 0.6 is 46.4 Å². The van der Waals surface area contributed by atoms with E-state index < -0.39 is 6.10 Å². The smallest absolute Gasteiger partial charge is 0.261 e. The average molecular weight is 495 g/mol. The molecule has 0 fully saturated rings. The van der Waals surface area contributed by atoms with Crippen molar-refractivity contribution in [2.45, 2.75) is 6.10 Å². The molecule has 0 aromatic heterocycles. The number of carbonyl (C=O) groups is 2. The van der Waals surface area contributed by atoms with Gasteiger partial charge in [0.15, 0.2) is 0 Å². The number of nitrogens with zero attached hydrogens (tertiary/aromatic N) is 1. The molecule has 0 saturated heterocycles. The quantitative estimate of drug-likeness (QED) is 0.358. The summed E-state index contributed by atoms with van der Waals surface area (Å²) >= 11 is 24.9. The van der Waals surface area contributed by atoms with Crippen molar-refractivity contribution in [2.75, 3.05) is 13.2 Å². The van der Waals surface area contributed by atoms with E-state index in [0.29, 0.717) is 42.3 Å². The lowest BCUT2D eigenvalue weighted by molar-refractivity contribution is 0.0453. The minimum atomic E-state index is -0.648. The monoisotopic (exact) mass is 493 g/mol. The van der Waals surface area contributed by atoms with Gasteiger partial charge in [-0.05, 0) is 36.4 Å². The molecule has 8 heteroatoms. The molecule has 0 radical (unpaired) electrons. The minimum Gasteiger partial charge on any atom is -0.367 e. The van der Waals surface area contributed by atoms with E-state index in [2.05, 4.69) is 0 Å². The first kappa shape index (κ1) is 22.1. The van der Waals surface area contributed by atoms with Crippen LogP contribution in [-0.4, -0.2) is 29.9 Å². The van der Waals surface area contributed by atoms with Crippen LogP contribution in [0.2, 0.25) is 20.1 Å². The van der Waals surface area contributed by atoms with Gasteiger partial charge in [-0.15, -0.1) is 0 Å². The Morgan fingerprint density at radius 2 is 1.23 bits per heavy atom. The molecule has 4 rings (SSSR count). The Kier molecular flexibility index (Phi) is 6.56. The summed E-state index contributed by atoms with van der Waals surface area (Å²) in [6.45, 7) is 0.160. The summed E-state index contributed by atoms with van der Waals surface area (Å²) in [5.74, 6) is -0.676. The number of amides is 2. The fourth-order valence-electron chi connectivity index (χ4n) is 3.48. The normalized spacial score (nSPS) is 13.3. The molecule has 0 atom stereocenters. The molecular weight excluding hydrogens is 480 g/mol. The highest BCUT2D eigenvalue weighted by molar-refractivity contribution is 6.36. The Balaban J connectivity index is 1.57. The van der Waals surface area contributed by atoms with Gasteiger partial charge in [-0.3, -0.25) is 14.5 Å². The van der Waals surface area contributed by atoms with Crippen molar-refractivity contribution in [3.05, 3.63) is 103 Å². The van der Waals surface area contributed by atoms with E-state index in [1.807, 2.05) is 0 Å². The van der Waals surface area contributed by atoms with Gasteiger partial charge in [-0.2, -0.15) is 0 Å². The van der Waals surface area contributed by atoms with Gasteiger partial charge in [0.05, 0.1) is 24.3 Å². The molecule has 0 bridgehead atoms. The zero-order chi connectivity index (χ0) is 22.1. The second-order valence-electron chi connectivity index (χ2n) is 6.89. The number of carbonyl (C=O) groups excluding carboxylic acids is 2. The number of halogens is 4. The van der Waals surface area contributed by atoms with Gasteiger partial charge in [0.25, 0.3) is 11.8 Å². The van der Waals surface area contributed by atoms with Crippen molar-refractivity contribution in [2.24, 2.45) is 0 Å². The van der Waals surface area contributed by atoms with Crippen LogP contribution in [0.25, 0.3) is 0 Å². The maximum atomic E-state index is 12.6. The number of hydrogen-bond acceptors (Lipinski definition) is 3. The second-order valence-corrected chi connectivity index (χ2v) is 8.58. The summed E-state index contributed by atoms with van der Waals surface area (Å²) in [5.41, 5.74) is 2.09. The molecule has 0 saturated carbocycles. The highest BCUT2D eigenvalue weighted by Crippen LogP contribution is 2.37. The van der Waals surface area contributed by atoms with Crippen molar-refractivity contribution < 1.29 is 14.3 Å². The van der Waals surface area contributed by atoms with Crippen LogP contribution in [0.3, 0.4) is 0 Å². The lowest BCUT2D eigenvalue weighted by Gasteiger charge is -2.23. The SMILES string of the molecule is O=C1c2ccccc2C(=O)N1CCOC(c1ccc(Cl)cc1Cl)c1ccc(Cl)cc1Cl. The maximum absolute atomic E-state index is 12.6. The number of benzene rings is 3. The van der Waals surface area contributed by atoms with Crippen LogP contribution in [-0.2, 0) is 4.74 Å². The van der Waals surface area contributed by atoms with Crippen LogP contribution in [0.4, 0.5) is 0 Å². The third kappa shape index (κ3) is 4.45. The van der Waals surface area contributed by atoms with E-state index in [-0.39, 0.29) is 25.0 Å². The van der Waals surface area contributed by atoms with Gasteiger partial charge in [-0.25, -0.2) is 0 Å². The van der Waals surface area contributed by atoms with Crippen LogP contribution in [0, 0.1) is 0 Å². The fraction of sp³-hybridized carbons (Fsp3) is 0.130. The van der Waals surface area contributed by atoms with Crippen molar-refractivity contribution in [1.82, 2.24) is 4.90 Å². The molecular formula is C23H15Cl4NO3. The Morgan fingerprint density at radius 3 is 1.68 bits per heavy atom. The summed E-state index contributed by atoms with van der Waals surface area (Å²) < 4.78 is 6.11. The van der Waals surface area contributed by atoms with E-state index in [1.54, 1.807) is 60.7 Å². The van der Waals surface area contributed by atoms with Gasteiger partial charge in [-0.1, -0.05) is 70.7 Å². The zero-order valence-electron chi connectivity index (χ0n) is 15.9. The largest absolute Gasteiger partial charge is 0.367 e. The third-order valence-electron chi connectivity index (χ3n) is 4.97. The predicted molar refractivity (Wildman–Crippen MR) is 123 cm³/mol. The van der Waals surface area contributed by atoms with E-state index in [0.717, 1.165) is 0 Å². The summed E-state index contributed by atoms with van der Waals surface area (Å²) in [7, 11) is 0. The molecule has 4 nitrogen and oxygen atoms in total. The van der Waals surface area contributed by atoms with Crippen molar-refractivity contribution in [3.63, 3.8) is 0 Å². The van der Waals surface area contributed by atoms with Crippen molar-refractivity contribution >= 4 is 58.2 Å². The fourth-order valence-corrected chi connectivity index (χ4v) is 4.49. The number of imide groups is 1. The Hall–Kier alpha value is -2.08. The van der Waals surface area contributed by atoms with Gasteiger partial charge >= 0.3 is 0 Å². The molecule has 1 aliphatic heterocycles. The maximum Gasteiger partial charge on any atom is 0.261 e. The van der Waals surface area contributed by atoms with Gasteiger partial charge in [0.2, 0.25) is 0 Å². The standard InChI is InChI=1S/C23H15Cl4NO3/c24-13-5-7-17(19(26)11-13)21(18-8-6-14(25)12-20(18)27)31-10-9-28-22(29)15-3-1-2-4-16(15)23(28)30/h1-8,11-12,21H,9-10H2. The highest BCUT2D eigenvalue weighted by Gasteiger charge is 2.35. The van der Waals surface area contributed by atoms with Crippen LogP contribution in [0.15, 0.2) is 60.7 Å². The van der Waals surface area contributed by atoms with E-state index in [9.17, 15) is 9.59 Å². The molecule has 158 valence electrons. The molecule has 3 aromatic rings. The summed E-state index contributed by atoms with van der Waals surface area (Å²) in [6.07, 6.45) is -0.648. The Bertz CT molecular complexity index is 1090. The predicted octanol–water partition coefficient (Wildman–Crippen LogP) is 6.70. The summed E-state index contributed by atoms with van der Waals surface area (Å²) in [4.78, 5) is 26.3. The first-order chi connectivity index (χ1) is 14.9. The molecule has 0 N–H and O–H groups in total. The van der Waals surface area contributed by atoms with Crippen molar-refractivity contribution in [1.29, 1.82) is 0 Å². The lowest BCUT2D eigenvalue weighted by Crippen LogP contribution is -2.33. The first-order valence-electron chi connectivity index (χ1n) is 9.33. The molecule has 0 aliphatic carbocycles. The number of rotatable bonds is 6. The number of ether oxygens (including phenoxy) is 1. The molecule has 0 unspecified atom stereocenters. The minimum absolute atomic E-state index is 0.0774. The second kappa shape index (κ2) is 9.19. The summed E-state index contributed by atoms with van der Waals surface area (Å²) in [5, 5.41) is 1.79. The topological polar surface area (TPSA) is 46.6 Å². The van der Waals surface area contributed by atoms with Crippen molar-refractivity contribution in [3.8, 4) is 0 Å². The molecule has 1 heterocycles. The number of hydrogen-bond donors (Lipinski definition) is 0. The molecule has 1 aliphatic rings. The summed E-state index contributed by atoms with van der Waals surface area (Å²) in [6, 6.07) is 16.9. The number of fused-ring (bicyclic) bond motifs is 1. The molecule has 31 heavy (non-hydrogen) atoms. The highest BCUT2D eigenvalue weighted by atomic mass is 35.5. The lowest BCUT2D eigenvalue weighted by atomic mass is 10.0. The third-order valence-corrected chi connectivity index (χ3v) is 6.09. The van der Waals surface area contributed by atoms with E-state index >= 15 is 0 Å².